The minimum atomic E-state index is -0.311. The number of hydrogen-bond acceptors (Lipinski definition) is 3. The molecule has 0 unspecified atom stereocenters. The van der Waals surface area contributed by atoms with Gasteiger partial charge in [-0.25, -0.2) is 0 Å². The number of halogens is 2. The van der Waals surface area contributed by atoms with Crippen molar-refractivity contribution in [3.05, 3.63) is 49.0 Å². The number of anilines is 1. The van der Waals surface area contributed by atoms with Crippen LogP contribution in [0.3, 0.4) is 0 Å². The second-order valence-corrected chi connectivity index (χ2v) is 7.34. The second-order valence-electron chi connectivity index (χ2n) is 4.03. The molecule has 0 atom stereocenters. The first-order chi connectivity index (χ1) is 9.04. The fourth-order valence-electron chi connectivity index (χ4n) is 1.61. The van der Waals surface area contributed by atoms with Gasteiger partial charge in [0.2, 0.25) is 5.91 Å². The van der Waals surface area contributed by atoms with Crippen LogP contribution in [0.2, 0.25) is 0 Å². The molecule has 0 bridgehead atoms. The van der Waals surface area contributed by atoms with Crippen molar-refractivity contribution in [3.63, 3.8) is 0 Å². The average molecular weight is 404 g/mol. The lowest BCUT2D eigenvalue weighted by molar-refractivity contribution is -0.117. The fraction of sp³-hybridized carbons (Fsp3) is 0.154. The highest BCUT2D eigenvalue weighted by atomic mass is 79.9. The summed E-state index contributed by atoms with van der Waals surface area (Å²) in [5.74, 6) is -0.311. The summed E-state index contributed by atoms with van der Waals surface area (Å²) >= 11 is 8.63. The first-order valence-electron chi connectivity index (χ1n) is 5.59. The summed E-state index contributed by atoms with van der Waals surface area (Å²) in [6.07, 6.45) is 0.283. The molecule has 19 heavy (non-hydrogen) atoms. The highest BCUT2D eigenvalue weighted by molar-refractivity contribution is 9.13. The van der Waals surface area contributed by atoms with Gasteiger partial charge in [-0.15, -0.1) is 11.3 Å². The third-order valence-electron chi connectivity index (χ3n) is 2.50. The lowest BCUT2D eigenvalue weighted by Gasteiger charge is -2.05. The topological polar surface area (TPSA) is 55.1 Å². The van der Waals surface area contributed by atoms with E-state index in [1.54, 1.807) is 11.3 Å². The van der Waals surface area contributed by atoms with Crippen LogP contribution in [0.1, 0.15) is 10.4 Å². The highest BCUT2D eigenvalue weighted by Gasteiger charge is 2.04. The summed E-state index contributed by atoms with van der Waals surface area (Å²) in [6.45, 7) is 0.768. The Bertz CT molecular complexity index is 561. The van der Waals surface area contributed by atoms with Crippen molar-refractivity contribution in [3.8, 4) is 0 Å². The Labute approximate surface area is 132 Å². The summed E-state index contributed by atoms with van der Waals surface area (Å²) in [5, 5.41) is 3.33. The maximum atomic E-state index is 10.8. The van der Waals surface area contributed by atoms with Gasteiger partial charge < -0.3 is 11.1 Å². The number of thiophene rings is 1. The first-order valence-corrected chi connectivity index (χ1v) is 7.99. The smallest absolute Gasteiger partial charge is 0.221 e. The number of nitrogens with two attached hydrogens (primary N) is 1. The zero-order chi connectivity index (χ0) is 13.8. The lowest BCUT2D eigenvalue weighted by atomic mass is 10.1. The van der Waals surface area contributed by atoms with Gasteiger partial charge in [0.1, 0.15) is 0 Å². The minimum absolute atomic E-state index is 0.283. The van der Waals surface area contributed by atoms with E-state index in [1.807, 2.05) is 24.3 Å². The van der Waals surface area contributed by atoms with Crippen LogP contribution >= 0.6 is 43.2 Å². The van der Waals surface area contributed by atoms with Gasteiger partial charge in [0, 0.05) is 21.6 Å². The Morgan fingerprint density at radius 3 is 2.47 bits per heavy atom. The molecule has 2 aromatic rings. The predicted octanol–water partition coefficient (Wildman–Crippen LogP) is 3.91. The fourth-order valence-corrected chi connectivity index (χ4v) is 3.73. The van der Waals surface area contributed by atoms with Crippen molar-refractivity contribution in [2.24, 2.45) is 5.73 Å². The van der Waals surface area contributed by atoms with Crippen LogP contribution in [0.5, 0.6) is 0 Å². The van der Waals surface area contributed by atoms with E-state index in [4.69, 9.17) is 5.73 Å². The van der Waals surface area contributed by atoms with Crippen LogP contribution in [0.15, 0.2) is 38.6 Å². The van der Waals surface area contributed by atoms with E-state index in [0.29, 0.717) is 0 Å². The summed E-state index contributed by atoms with van der Waals surface area (Å²) in [4.78, 5) is 12.0. The van der Waals surface area contributed by atoms with E-state index in [1.165, 1.54) is 4.88 Å². The molecule has 0 fully saturated rings. The van der Waals surface area contributed by atoms with Crippen LogP contribution in [0, 0.1) is 0 Å². The molecule has 1 aromatic heterocycles. The Kier molecular flexibility index (Phi) is 5.01. The summed E-state index contributed by atoms with van der Waals surface area (Å²) < 4.78 is 2.17. The van der Waals surface area contributed by atoms with Crippen molar-refractivity contribution in [2.75, 3.05) is 5.32 Å². The molecule has 3 N–H and O–H groups in total. The molecule has 3 nitrogen and oxygen atoms in total. The third kappa shape index (κ3) is 4.33. The van der Waals surface area contributed by atoms with Crippen molar-refractivity contribution in [1.29, 1.82) is 0 Å². The molecule has 1 heterocycles. The molecule has 0 saturated carbocycles. The van der Waals surface area contributed by atoms with Crippen LogP contribution in [-0.2, 0) is 17.8 Å². The van der Waals surface area contributed by atoms with E-state index < -0.39 is 0 Å². The number of carbonyl (C=O) groups is 1. The number of rotatable bonds is 5. The monoisotopic (exact) mass is 402 g/mol. The maximum Gasteiger partial charge on any atom is 0.221 e. The number of primary amides is 1. The number of carbonyl (C=O) groups excluding carboxylic acids is 1. The molecule has 0 spiro atoms. The van der Waals surface area contributed by atoms with Crippen LogP contribution < -0.4 is 11.1 Å². The zero-order valence-electron chi connectivity index (χ0n) is 9.95. The van der Waals surface area contributed by atoms with Crippen LogP contribution in [-0.4, -0.2) is 5.91 Å². The normalized spacial score (nSPS) is 10.4. The molecular weight excluding hydrogens is 392 g/mol. The van der Waals surface area contributed by atoms with Gasteiger partial charge in [-0.1, -0.05) is 12.1 Å². The lowest BCUT2D eigenvalue weighted by Crippen LogP contribution is -2.13. The van der Waals surface area contributed by atoms with Crippen molar-refractivity contribution < 1.29 is 4.79 Å². The molecule has 2 rings (SSSR count). The quantitative estimate of drug-likeness (QED) is 0.794. The zero-order valence-corrected chi connectivity index (χ0v) is 13.9. The van der Waals surface area contributed by atoms with Gasteiger partial charge >= 0.3 is 0 Å². The van der Waals surface area contributed by atoms with Crippen molar-refractivity contribution in [2.45, 2.75) is 13.0 Å². The van der Waals surface area contributed by atoms with E-state index in [-0.39, 0.29) is 12.3 Å². The summed E-state index contributed by atoms with van der Waals surface area (Å²) in [5.41, 5.74) is 7.10. The molecule has 0 aliphatic rings. The third-order valence-corrected chi connectivity index (χ3v) is 5.75. The van der Waals surface area contributed by atoms with Gasteiger partial charge in [-0.05, 0) is 55.6 Å². The van der Waals surface area contributed by atoms with Gasteiger partial charge in [0.05, 0.1) is 10.2 Å². The predicted molar refractivity (Wildman–Crippen MR) is 86.4 cm³/mol. The van der Waals surface area contributed by atoms with Gasteiger partial charge in [0.15, 0.2) is 0 Å². The molecule has 1 aromatic carbocycles. The molecule has 6 heteroatoms. The largest absolute Gasteiger partial charge is 0.380 e. The number of amides is 1. The molecule has 0 aliphatic carbocycles. The molecule has 0 aliphatic heterocycles. The molecular formula is C13H12Br2N2OS. The van der Waals surface area contributed by atoms with Crippen LogP contribution in [0.25, 0.3) is 0 Å². The molecule has 0 saturated heterocycles. The SMILES string of the molecule is NC(=O)Cc1ccc(NCc2cc(Br)c(Br)s2)cc1. The first kappa shape index (κ1) is 14.6. The average Bonchev–Trinajstić information content (AvgIpc) is 2.67. The molecule has 0 radical (unpaired) electrons. The van der Waals surface area contributed by atoms with Gasteiger partial charge in [-0.3, -0.25) is 4.79 Å². The van der Waals surface area contributed by atoms with Gasteiger partial charge in [0.25, 0.3) is 0 Å². The molecule has 100 valence electrons. The number of nitrogens with one attached hydrogen (secondary N) is 1. The Hall–Kier alpha value is -0.850. The van der Waals surface area contributed by atoms with E-state index in [2.05, 4.69) is 43.2 Å². The number of hydrogen-bond donors (Lipinski definition) is 2. The van der Waals surface area contributed by atoms with Crippen molar-refractivity contribution in [1.82, 2.24) is 0 Å². The highest BCUT2D eigenvalue weighted by Crippen LogP contribution is 2.32. The van der Waals surface area contributed by atoms with E-state index in [9.17, 15) is 4.79 Å². The second kappa shape index (κ2) is 6.54. The maximum absolute atomic E-state index is 10.8. The summed E-state index contributed by atoms with van der Waals surface area (Å²) in [7, 11) is 0. The minimum Gasteiger partial charge on any atom is -0.380 e. The van der Waals surface area contributed by atoms with Crippen LogP contribution in [0.4, 0.5) is 5.69 Å². The van der Waals surface area contributed by atoms with E-state index in [0.717, 1.165) is 26.1 Å². The molecule has 1 amide bonds. The van der Waals surface area contributed by atoms with E-state index >= 15 is 0 Å². The Morgan fingerprint density at radius 1 is 1.26 bits per heavy atom. The number of benzene rings is 1. The standard InChI is InChI=1S/C13H12Br2N2OS/c14-11-6-10(19-13(11)15)7-17-9-3-1-8(2-4-9)5-12(16)18/h1-4,6,17H,5,7H2,(H2,16,18). The Morgan fingerprint density at radius 2 is 1.95 bits per heavy atom. The van der Waals surface area contributed by atoms with Crippen molar-refractivity contribution >= 4 is 54.8 Å². The summed E-state index contributed by atoms with van der Waals surface area (Å²) in [6, 6.07) is 9.82. The van der Waals surface area contributed by atoms with Gasteiger partial charge in [-0.2, -0.15) is 0 Å². The Balaban J connectivity index is 1.94.